The summed E-state index contributed by atoms with van der Waals surface area (Å²) in [7, 11) is 3.91. The van der Waals surface area contributed by atoms with Crippen LogP contribution in [0.1, 0.15) is 5.69 Å². The molecular weight excluding hydrogens is 254 g/mol. The van der Waals surface area contributed by atoms with Crippen molar-refractivity contribution < 1.29 is 4.74 Å². The molecule has 0 radical (unpaired) electrons. The average Bonchev–Trinajstić information content (AvgIpc) is 2.91. The summed E-state index contributed by atoms with van der Waals surface area (Å²) < 4.78 is 7.19. The molecule has 1 aliphatic rings. The standard InChI is InChI=1S/C14H27N5O/c1-17-4-6-18(7-5-17)8-9-19-12-14(16-13-19)11-15-3-10-20-2/h12-13,15H,3-11H2,1-2H3. The van der Waals surface area contributed by atoms with E-state index in [1.54, 1.807) is 7.11 Å². The molecule has 2 heterocycles. The zero-order valence-electron chi connectivity index (χ0n) is 12.7. The fourth-order valence-electron chi connectivity index (χ4n) is 2.34. The third-order valence-electron chi connectivity index (χ3n) is 3.75. The number of hydrogen-bond acceptors (Lipinski definition) is 5. The number of nitrogens with one attached hydrogen (secondary N) is 1. The van der Waals surface area contributed by atoms with E-state index in [1.807, 2.05) is 6.33 Å². The molecule has 0 atom stereocenters. The van der Waals surface area contributed by atoms with E-state index in [-0.39, 0.29) is 0 Å². The molecule has 0 spiro atoms. The predicted octanol–water partition coefficient (Wildman–Crippen LogP) is -0.133. The van der Waals surface area contributed by atoms with Crippen molar-refractivity contribution in [2.45, 2.75) is 13.1 Å². The van der Waals surface area contributed by atoms with E-state index in [0.29, 0.717) is 0 Å². The van der Waals surface area contributed by atoms with Gasteiger partial charge in [-0.05, 0) is 7.05 Å². The Morgan fingerprint density at radius 1 is 1.25 bits per heavy atom. The topological polar surface area (TPSA) is 45.6 Å². The van der Waals surface area contributed by atoms with Crippen LogP contribution in [0.4, 0.5) is 0 Å². The number of nitrogens with zero attached hydrogens (tertiary/aromatic N) is 4. The summed E-state index contributed by atoms with van der Waals surface area (Å²) in [6, 6.07) is 0. The van der Waals surface area contributed by atoms with E-state index in [0.717, 1.165) is 38.5 Å². The molecule has 1 saturated heterocycles. The van der Waals surface area contributed by atoms with Crippen molar-refractivity contribution in [2.24, 2.45) is 0 Å². The van der Waals surface area contributed by atoms with Crippen LogP contribution in [0.15, 0.2) is 12.5 Å². The normalized spacial score (nSPS) is 17.7. The second-order valence-electron chi connectivity index (χ2n) is 5.42. The van der Waals surface area contributed by atoms with Crippen LogP contribution in [-0.2, 0) is 17.8 Å². The summed E-state index contributed by atoms with van der Waals surface area (Å²) >= 11 is 0. The maximum Gasteiger partial charge on any atom is 0.0950 e. The lowest BCUT2D eigenvalue weighted by Gasteiger charge is -2.32. The van der Waals surface area contributed by atoms with E-state index in [9.17, 15) is 0 Å². The molecule has 1 fully saturated rings. The highest BCUT2D eigenvalue weighted by Gasteiger charge is 2.13. The van der Waals surface area contributed by atoms with Crippen molar-refractivity contribution in [1.29, 1.82) is 0 Å². The number of ether oxygens (including phenoxy) is 1. The number of piperazine rings is 1. The van der Waals surface area contributed by atoms with Gasteiger partial charge >= 0.3 is 0 Å². The van der Waals surface area contributed by atoms with E-state index in [4.69, 9.17) is 4.74 Å². The van der Waals surface area contributed by atoms with Gasteiger partial charge in [0.15, 0.2) is 0 Å². The Bertz CT molecular complexity index is 373. The number of rotatable bonds is 8. The maximum atomic E-state index is 5.00. The van der Waals surface area contributed by atoms with E-state index >= 15 is 0 Å². The second kappa shape index (κ2) is 8.36. The van der Waals surface area contributed by atoms with Gasteiger partial charge in [-0.3, -0.25) is 4.90 Å². The second-order valence-corrected chi connectivity index (χ2v) is 5.42. The Hall–Kier alpha value is -0.950. The van der Waals surface area contributed by atoms with Gasteiger partial charge in [-0.1, -0.05) is 0 Å². The lowest BCUT2D eigenvalue weighted by Crippen LogP contribution is -2.45. The van der Waals surface area contributed by atoms with Gasteiger partial charge in [-0.15, -0.1) is 0 Å². The Labute approximate surface area is 121 Å². The molecule has 1 aromatic heterocycles. The van der Waals surface area contributed by atoms with Crippen molar-refractivity contribution >= 4 is 0 Å². The fraction of sp³-hybridized carbons (Fsp3) is 0.786. The summed E-state index contributed by atoms with van der Waals surface area (Å²) in [5, 5.41) is 3.31. The molecular formula is C14H27N5O. The lowest BCUT2D eigenvalue weighted by molar-refractivity contribution is 0.150. The highest BCUT2D eigenvalue weighted by molar-refractivity contribution is 4.96. The van der Waals surface area contributed by atoms with Crippen LogP contribution >= 0.6 is 0 Å². The molecule has 114 valence electrons. The van der Waals surface area contributed by atoms with Gasteiger partial charge in [0, 0.05) is 65.7 Å². The van der Waals surface area contributed by atoms with Crippen molar-refractivity contribution in [1.82, 2.24) is 24.7 Å². The van der Waals surface area contributed by atoms with Crippen LogP contribution in [0.2, 0.25) is 0 Å². The summed E-state index contributed by atoms with van der Waals surface area (Å²) in [5.74, 6) is 0. The highest BCUT2D eigenvalue weighted by Crippen LogP contribution is 2.01. The predicted molar refractivity (Wildman–Crippen MR) is 79.7 cm³/mol. The van der Waals surface area contributed by atoms with Crippen molar-refractivity contribution in [2.75, 3.05) is 60.0 Å². The molecule has 0 aromatic carbocycles. The quantitative estimate of drug-likeness (QED) is 0.673. The van der Waals surface area contributed by atoms with Gasteiger partial charge in [0.25, 0.3) is 0 Å². The first-order valence-electron chi connectivity index (χ1n) is 7.39. The largest absolute Gasteiger partial charge is 0.383 e. The summed E-state index contributed by atoms with van der Waals surface area (Å²) in [5.41, 5.74) is 1.10. The van der Waals surface area contributed by atoms with Gasteiger partial charge in [0.1, 0.15) is 0 Å². The molecule has 0 aliphatic carbocycles. The summed E-state index contributed by atoms with van der Waals surface area (Å²) in [6.07, 6.45) is 4.07. The van der Waals surface area contributed by atoms with Crippen molar-refractivity contribution in [3.8, 4) is 0 Å². The molecule has 0 unspecified atom stereocenters. The number of hydrogen-bond donors (Lipinski definition) is 1. The van der Waals surface area contributed by atoms with Crippen LogP contribution < -0.4 is 5.32 Å². The highest BCUT2D eigenvalue weighted by atomic mass is 16.5. The van der Waals surface area contributed by atoms with Crippen LogP contribution in [-0.4, -0.2) is 79.4 Å². The minimum Gasteiger partial charge on any atom is -0.383 e. The maximum absolute atomic E-state index is 5.00. The number of likely N-dealkylation sites (N-methyl/N-ethyl adjacent to an activating group) is 1. The third-order valence-corrected chi connectivity index (χ3v) is 3.75. The summed E-state index contributed by atoms with van der Waals surface area (Å²) in [6.45, 7) is 9.26. The molecule has 1 aromatic rings. The first-order valence-corrected chi connectivity index (χ1v) is 7.39. The smallest absolute Gasteiger partial charge is 0.0950 e. The van der Waals surface area contributed by atoms with Crippen LogP contribution in [0.5, 0.6) is 0 Å². The van der Waals surface area contributed by atoms with Gasteiger partial charge in [0.2, 0.25) is 0 Å². The fourth-order valence-corrected chi connectivity index (χ4v) is 2.34. The Kier molecular flexibility index (Phi) is 6.46. The number of aromatic nitrogens is 2. The molecule has 0 amide bonds. The van der Waals surface area contributed by atoms with Crippen LogP contribution in [0.3, 0.4) is 0 Å². The number of methoxy groups -OCH3 is 1. The monoisotopic (exact) mass is 281 g/mol. The average molecular weight is 281 g/mol. The van der Waals surface area contributed by atoms with Crippen molar-refractivity contribution in [3.63, 3.8) is 0 Å². The molecule has 1 aliphatic heterocycles. The van der Waals surface area contributed by atoms with E-state index in [2.05, 4.69) is 37.9 Å². The van der Waals surface area contributed by atoms with Gasteiger partial charge < -0.3 is 19.5 Å². The Morgan fingerprint density at radius 2 is 2.05 bits per heavy atom. The molecule has 1 N–H and O–H groups in total. The molecule has 0 bridgehead atoms. The van der Waals surface area contributed by atoms with Crippen LogP contribution in [0.25, 0.3) is 0 Å². The van der Waals surface area contributed by atoms with Crippen molar-refractivity contribution in [3.05, 3.63) is 18.2 Å². The molecule has 6 nitrogen and oxygen atoms in total. The summed E-state index contributed by atoms with van der Waals surface area (Å²) in [4.78, 5) is 9.33. The van der Waals surface area contributed by atoms with Gasteiger partial charge in [0.05, 0.1) is 18.6 Å². The first-order chi connectivity index (χ1) is 9.78. The van der Waals surface area contributed by atoms with Gasteiger partial charge in [-0.2, -0.15) is 0 Å². The van der Waals surface area contributed by atoms with E-state index in [1.165, 1.54) is 26.2 Å². The zero-order valence-corrected chi connectivity index (χ0v) is 12.7. The minimum absolute atomic E-state index is 0.740. The lowest BCUT2D eigenvalue weighted by atomic mass is 10.3. The minimum atomic E-state index is 0.740. The van der Waals surface area contributed by atoms with E-state index < -0.39 is 0 Å². The van der Waals surface area contributed by atoms with Crippen LogP contribution in [0, 0.1) is 0 Å². The Balaban J connectivity index is 1.65. The molecule has 20 heavy (non-hydrogen) atoms. The SMILES string of the molecule is COCCNCc1cn(CCN2CCN(C)CC2)cn1. The molecule has 2 rings (SSSR count). The first kappa shape index (κ1) is 15.4. The third kappa shape index (κ3) is 5.20. The van der Waals surface area contributed by atoms with Gasteiger partial charge in [-0.25, -0.2) is 4.98 Å². The number of imidazole rings is 1. The zero-order chi connectivity index (χ0) is 14.2. The molecule has 6 heteroatoms. The Morgan fingerprint density at radius 3 is 2.80 bits per heavy atom. The molecule has 0 saturated carbocycles.